The Morgan fingerprint density at radius 2 is 2.32 bits per heavy atom. The normalized spacial score (nSPS) is 19.8. The van der Waals surface area contributed by atoms with Crippen molar-refractivity contribution in [2.24, 2.45) is 0 Å². The minimum atomic E-state index is -0.433. The monoisotopic (exact) mass is 343 g/mol. The van der Waals surface area contributed by atoms with Gasteiger partial charge in [0.2, 0.25) is 0 Å². The Bertz CT molecular complexity index is 831. The molecular formula is C18H22FN5O. The van der Waals surface area contributed by atoms with Gasteiger partial charge in [0.15, 0.2) is 0 Å². The summed E-state index contributed by atoms with van der Waals surface area (Å²) in [6.45, 7) is 5.36. The van der Waals surface area contributed by atoms with Gasteiger partial charge in [-0.25, -0.2) is 4.39 Å². The number of hydrogen-bond acceptors (Lipinski definition) is 5. The molecule has 6 nitrogen and oxygen atoms in total. The number of carbonyl (C=O) groups excluding carboxylic acids is 1. The van der Waals surface area contributed by atoms with Crippen LogP contribution in [-0.4, -0.2) is 40.2 Å². The summed E-state index contributed by atoms with van der Waals surface area (Å²) < 4.78 is 15.0. The van der Waals surface area contributed by atoms with Crippen molar-refractivity contribution >= 4 is 17.4 Å². The van der Waals surface area contributed by atoms with Gasteiger partial charge < -0.3 is 11.1 Å². The molecule has 0 radical (unpaired) electrons. The quantitative estimate of drug-likeness (QED) is 0.874. The lowest BCUT2D eigenvalue weighted by molar-refractivity contribution is 0.0858. The largest absolute Gasteiger partial charge is 0.385 e. The maximum absolute atomic E-state index is 13.7. The van der Waals surface area contributed by atoms with Gasteiger partial charge in [-0.3, -0.25) is 9.69 Å². The predicted molar refractivity (Wildman–Crippen MR) is 94.2 cm³/mol. The van der Waals surface area contributed by atoms with Crippen LogP contribution in [0.3, 0.4) is 0 Å². The molecule has 1 unspecified atom stereocenters. The number of carbonyl (C=O) groups is 1. The van der Waals surface area contributed by atoms with Crippen molar-refractivity contribution in [1.29, 1.82) is 0 Å². The number of rotatable bonds is 2. The lowest BCUT2D eigenvalue weighted by atomic mass is 9.90. The summed E-state index contributed by atoms with van der Waals surface area (Å²) in [5, 5.41) is 7.72. The van der Waals surface area contributed by atoms with Crippen molar-refractivity contribution in [3.8, 4) is 0 Å². The van der Waals surface area contributed by atoms with Gasteiger partial charge in [-0.05, 0) is 43.1 Å². The second-order valence-electron chi connectivity index (χ2n) is 6.68. The standard InChI is InChI=1S/C18H22FN5O/c1-2-23-8-6-13-16(10-23)22-24(17(13)20)18(25)12-5-7-21-15-4-3-11(19)9-14(12)15/h3-4,9,12,21H,2,5-8,10,20H2,1H3. The topological polar surface area (TPSA) is 76.2 Å². The molecule has 3 heterocycles. The summed E-state index contributed by atoms with van der Waals surface area (Å²) in [6.07, 6.45) is 1.40. The van der Waals surface area contributed by atoms with E-state index in [1.54, 1.807) is 6.07 Å². The van der Waals surface area contributed by atoms with E-state index in [9.17, 15) is 9.18 Å². The molecule has 4 rings (SSSR count). The Morgan fingerprint density at radius 1 is 1.48 bits per heavy atom. The summed E-state index contributed by atoms with van der Waals surface area (Å²) in [4.78, 5) is 15.4. The fourth-order valence-electron chi connectivity index (χ4n) is 3.80. The molecule has 0 fully saturated rings. The van der Waals surface area contributed by atoms with Crippen LogP contribution in [0.1, 0.15) is 40.9 Å². The first-order valence-corrected chi connectivity index (χ1v) is 8.74. The van der Waals surface area contributed by atoms with Gasteiger partial charge in [0.05, 0.1) is 11.6 Å². The van der Waals surface area contributed by atoms with Crippen LogP contribution in [0.2, 0.25) is 0 Å². The van der Waals surface area contributed by atoms with Crippen molar-refractivity contribution in [1.82, 2.24) is 14.7 Å². The van der Waals surface area contributed by atoms with E-state index in [1.165, 1.54) is 16.8 Å². The molecule has 0 amide bonds. The maximum Gasteiger partial charge on any atom is 0.256 e. The molecule has 1 aromatic heterocycles. The van der Waals surface area contributed by atoms with E-state index in [4.69, 9.17) is 5.73 Å². The number of anilines is 2. The summed E-state index contributed by atoms with van der Waals surface area (Å²) in [7, 11) is 0. The highest BCUT2D eigenvalue weighted by atomic mass is 19.1. The first-order chi connectivity index (χ1) is 12.1. The van der Waals surface area contributed by atoms with Crippen LogP contribution in [0, 0.1) is 5.82 Å². The molecule has 0 bridgehead atoms. The summed E-state index contributed by atoms with van der Waals surface area (Å²) >= 11 is 0. The SMILES string of the molecule is CCN1CCc2c(nn(C(=O)C3CCNc4ccc(F)cc43)c2N)C1. The van der Waals surface area contributed by atoms with Crippen LogP contribution in [0.15, 0.2) is 18.2 Å². The number of nitrogens with one attached hydrogen (secondary N) is 1. The molecule has 0 spiro atoms. The van der Waals surface area contributed by atoms with E-state index in [0.29, 0.717) is 30.9 Å². The molecule has 2 aromatic rings. The lowest BCUT2D eigenvalue weighted by Gasteiger charge is -2.25. The Balaban J connectivity index is 1.69. The van der Waals surface area contributed by atoms with Crippen LogP contribution >= 0.6 is 0 Å². The number of nitrogen functional groups attached to an aromatic ring is 1. The van der Waals surface area contributed by atoms with E-state index < -0.39 is 5.92 Å². The number of nitrogens with zero attached hydrogens (tertiary/aromatic N) is 3. The fourth-order valence-corrected chi connectivity index (χ4v) is 3.80. The van der Waals surface area contributed by atoms with Crippen molar-refractivity contribution in [2.75, 3.05) is 30.7 Å². The zero-order valence-electron chi connectivity index (χ0n) is 14.3. The molecule has 2 aliphatic rings. The molecule has 7 heteroatoms. The molecule has 0 saturated carbocycles. The van der Waals surface area contributed by atoms with Gasteiger partial charge in [0, 0.05) is 30.9 Å². The molecule has 0 saturated heterocycles. The van der Waals surface area contributed by atoms with Crippen molar-refractivity contribution in [2.45, 2.75) is 32.2 Å². The molecular weight excluding hydrogens is 321 g/mol. The first-order valence-electron chi connectivity index (χ1n) is 8.74. The molecule has 1 atom stereocenters. The van der Waals surface area contributed by atoms with Gasteiger partial charge in [0.1, 0.15) is 11.6 Å². The highest BCUT2D eigenvalue weighted by molar-refractivity contribution is 5.90. The van der Waals surface area contributed by atoms with E-state index in [0.717, 1.165) is 36.5 Å². The third kappa shape index (κ3) is 2.68. The summed E-state index contributed by atoms with van der Waals surface area (Å²) in [6, 6.07) is 4.52. The predicted octanol–water partition coefficient (Wildman–Crippen LogP) is 2.22. The van der Waals surface area contributed by atoms with Crippen LogP contribution in [0.4, 0.5) is 15.9 Å². The van der Waals surface area contributed by atoms with Gasteiger partial charge in [-0.2, -0.15) is 9.78 Å². The minimum Gasteiger partial charge on any atom is -0.385 e. The maximum atomic E-state index is 13.7. The molecule has 1 aromatic carbocycles. The minimum absolute atomic E-state index is 0.178. The molecule has 25 heavy (non-hydrogen) atoms. The van der Waals surface area contributed by atoms with Gasteiger partial charge in [-0.15, -0.1) is 0 Å². The van der Waals surface area contributed by atoms with E-state index in [1.807, 2.05) is 0 Å². The smallest absolute Gasteiger partial charge is 0.256 e. The zero-order chi connectivity index (χ0) is 17.6. The number of nitrogens with two attached hydrogens (primary N) is 1. The Labute approximate surface area is 145 Å². The Hall–Kier alpha value is -2.41. The molecule has 132 valence electrons. The zero-order valence-corrected chi connectivity index (χ0v) is 14.3. The number of benzene rings is 1. The van der Waals surface area contributed by atoms with E-state index in [-0.39, 0.29) is 11.7 Å². The molecule has 2 aliphatic heterocycles. The molecule has 3 N–H and O–H groups in total. The van der Waals surface area contributed by atoms with Crippen molar-refractivity contribution in [3.05, 3.63) is 40.8 Å². The van der Waals surface area contributed by atoms with Crippen LogP contribution < -0.4 is 11.1 Å². The fraction of sp³-hybridized carbons (Fsp3) is 0.444. The average Bonchev–Trinajstić information content (AvgIpc) is 2.96. The van der Waals surface area contributed by atoms with Crippen molar-refractivity contribution in [3.63, 3.8) is 0 Å². The highest BCUT2D eigenvalue weighted by Crippen LogP contribution is 2.34. The number of halogens is 1. The first kappa shape index (κ1) is 16.1. The number of fused-ring (bicyclic) bond motifs is 2. The summed E-state index contributed by atoms with van der Waals surface area (Å²) in [5.74, 6) is -0.514. The van der Waals surface area contributed by atoms with Crippen LogP contribution in [0.25, 0.3) is 0 Å². The molecule has 0 aliphatic carbocycles. The van der Waals surface area contributed by atoms with Crippen LogP contribution in [0.5, 0.6) is 0 Å². The number of hydrogen-bond donors (Lipinski definition) is 2. The highest BCUT2D eigenvalue weighted by Gasteiger charge is 2.32. The third-order valence-electron chi connectivity index (χ3n) is 5.25. The second-order valence-corrected chi connectivity index (χ2v) is 6.68. The number of likely N-dealkylation sites (N-methyl/N-ethyl adjacent to an activating group) is 1. The second kappa shape index (κ2) is 6.15. The van der Waals surface area contributed by atoms with Gasteiger partial charge >= 0.3 is 0 Å². The Morgan fingerprint density at radius 3 is 3.12 bits per heavy atom. The van der Waals surface area contributed by atoms with Gasteiger partial charge in [0.25, 0.3) is 5.91 Å². The third-order valence-corrected chi connectivity index (χ3v) is 5.25. The summed E-state index contributed by atoms with van der Waals surface area (Å²) in [5.41, 5.74) is 9.58. The lowest BCUT2D eigenvalue weighted by Crippen LogP contribution is -2.30. The average molecular weight is 343 g/mol. The van der Waals surface area contributed by atoms with Gasteiger partial charge in [-0.1, -0.05) is 6.92 Å². The van der Waals surface area contributed by atoms with E-state index in [2.05, 4.69) is 22.2 Å². The Kier molecular flexibility index (Phi) is 3.95. The van der Waals surface area contributed by atoms with Crippen LogP contribution in [-0.2, 0) is 13.0 Å². The number of aromatic nitrogens is 2. The van der Waals surface area contributed by atoms with E-state index >= 15 is 0 Å². The van der Waals surface area contributed by atoms with Crippen molar-refractivity contribution < 1.29 is 9.18 Å².